The van der Waals surface area contributed by atoms with Gasteiger partial charge >= 0.3 is 0 Å². The van der Waals surface area contributed by atoms with Crippen LogP contribution < -0.4 is 15.6 Å². The van der Waals surface area contributed by atoms with E-state index in [0.717, 1.165) is 15.8 Å². The molecule has 1 aliphatic heterocycles. The molecule has 0 unspecified atom stereocenters. The molecule has 0 aliphatic carbocycles. The van der Waals surface area contributed by atoms with Crippen LogP contribution in [0.15, 0.2) is 41.3 Å². The number of pyridine rings is 1. The molecule has 1 fully saturated rings. The summed E-state index contributed by atoms with van der Waals surface area (Å²) >= 11 is 1.27. The summed E-state index contributed by atoms with van der Waals surface area (Å²) in [6.07, 6.45) is 2.59. The van der Waals surface area contributed by atoms with Crippen LogP contribution in [0.3, 0.4) is 0 Å². The maximum absolute atomic E-state index is 12.8. The number of ether oxygens (including phenoxy) is 1. The number of hydrogen-bond donors (Lipinski definition) is 1. The number of nitrogens with one attached hydrogen (secondary N) is 1. The lowest BCUT2D eigenvalue weighted by atomic mass is 10.1. The number of carbonyl (C=O) groups is 1. The molecule has 2 aromatic heterocycles. The van der Waals surface area contributed by atoms with E-state index in [0.29, 0.717) is 28.9 Å². The van der Waals surface area contributed by atoms with E-state index in [1.807, 2.05) is 24.3 Å². The van der Waals surface area contributed by atoms with Crippen LogP contribution >= 0.6 is 11.3 Å². The van der Waals surface area contributed by atoms with Crippen molar-refractivity contribution in [3.8, 4) is 16.9 Å². The van der Waals surface area contributed by atoms with Crippen LogP contribution in [0.4, 0.5) is 0 Å². The van der Waals surface area contributed by atoms with Crippen molar-refractivity contribution in [2.75, 3.05) is 18.6 Å². The summed E-state index contributed by atoms with van der Waals surface area (Å²) < 4.78 is 30.8. The Hall–Kier alpha value is -2.65. The highest BCUT2D eigenvalue weighted by atomic mass is 32.2. The molecule has 0 bridgehead atoms. The number of carbonyl (C=O) groups excluding carboxylic acids is 1. The SMILES string of the molecule is COc1cccc(-c2cn(C)c(=O)c3cc(C(=O)NC4CCS(=O)(=O)CC4)sc23)c1. The van der Waals surface area contributed by atoms with Gasteiger partial charge in [-0.3, -0.25) is 9.59 Å². The summed E-state index contributed by atoms with van der Waals surface area (Å²) in [7, 11) is 0.291. The van der Waals surface area contributed by atoms with Gasteiger partial charge in [0.05, 0.1) is 28.9 Å². The number of hydrogen-bond acceptors (Lipinski definition) is 6. The molecule has 4 rings (SSSR count). The standard InChI is InChI=1S/C21H22N2O5S2/c1-23-12-17(13-4-3-5-15(10-13)28-2)19-16(21(23)25)11-18(29-19)20(24)22-14-6-8-30(26,27)9-7-14/h3-5,10-12,14H,6-9H2,1-2H3,(H,22,24). The van der Waals surface area contributed by atoms with Crippen molar-refractivity contribution in [1.82, 2.24) is 9.88 Å². The average Bonchev–Trinajstić information content (AvgIpc) is 3.18. The van der Waals surface area contributed by atoms with E-state index in [1.54, 1.807) is 26.4 Å². The van der Waals surface area contributed by atoms with Gasteiger partial charge in [-0.15, -0.1) is 11.3 Å². The van der Waals surface area contributed by atoms with Crippen LogP contribution in [0.25, 0.3) is 21.2 Å². The molecule has 7 nitrogen and oxygen atoms in total. The quantitative estimate of drug-likeness (QED) is 0.665. The second kappa shape index (κ2) is 7.88. The lowest BCUT2D eigenvalue weighted by Gasteiger charge is -2.22. The number of aromatic nitrogens is 1. The van der Waals surface area contributed by atoms with Crippen molar-refractivity contribution in [3.63, 3.8) is 0 Å². The van der Waals surface area contributed by atoms with E-state index in [4.69, 9.17) is 4.74 Å². The van der Waals surface area contributed by atoms with Crippen molar-refractivity contribution in [2.24, 2.45) is 7.05 Å². The van der Waals surface area contributed by atoms with Gasteiger partial charge in [-0.05, 0) is 36.6 Å². The Balaban J connectivity index is 1.70. The Labute approximate surface area is 178 Å². The van der Waals surface area contributed by atoms with E-state index < -0.39 is 9.84 Å². The van der Waals surface area contributed by atoms with Crippen LogP contribution in [0.2, 0.25) is 0 Å². The van der Waals surface area contributed by atoms with Crippen molar-refractivity contribution >= 4 is 37.2 Å². The van der Waals surface area contributed by atoms with Crippen molar-refractivity contribution in [1.29, 1.82) is 0 Å². The molecule has 3 aromatic rings. The van der Waals surface area contributed by atoms with Crippen LogP contribution in [-0.4, -0.2) is 43.5 Å². The van der Waals surface area contributed by atoms with E-state index >= 15 is 0 Å². The largest absolute Gasteiger partial charge is 0.497 e. The zero-order valence-corrected chi connectivity index (χ0v) is 18.3. The second-order valence-corrected chi connectivity index (χ2v) is 10.8. The molecule has 0 spiro atoms. The zero-order valence-electron chi connectivity index (χ0n) is 16.7. The van der Waals surface area contributed by atoms with Crippen LogP contribution in [-0.2, 0) is 16.9 Å². The summed E-state index contributed by atoms with van der Waals surface area (Å²) in [6.45, 7) is 0. The summed E-state index contributed by atoms with van der Waals surface area (Å²) in [5, 5.41) is 3.41. The van der Waals surface area contributed by atoms with Crippen LogP contribution in [0.1, 0.15) is 22.5 Å². The number of methoxy groups -OCH3 is 1. The van der Waals surface area contributed by atoms with E-state index in [2.05, 4.69) is 5.32 Å². The number of fused-ring (bicyclic) bond motifs is 1. The summed E-state index contributed by atoms with van der Waals surface area (Å²) in [5.41, 5.74) is 1.57. The highest BCUT2D eigenvalue weighted by Gasteiger charge is 2.26. The Bertz CT molecular complexity index is 1280. The molecule has 30 heavy (non-hydrogen) atoms. The number of sulfone groups is 1. The molecule has 3 heterocycles. The van der Waals surface area contributed by atoms with Gasteiger partial charge in [0.15, 0.2) is 0 Å². The van der Waals surface area contributed by atoms with E-state index in [9.17, 15) is 18.0 Å². The Morgan fingerprint density at radius 3 is 2.67 bits per heavy atom. The molecular formula is C21H22N2O5S2. The third-order valence-corrected chi connectivity index (χ3v) is 8.23. The molecule has 1 aromatic carbocycles. The summed E-state index contributed by atoms with van der Waals surface area (Å²) in [6, 6.07) is 9.00. The number of aryl methyl sites for hydroxylation is 1. The monoisotopic (exact) mass is 446 g/mol. The first-order chi connectivity index (χ1) is 14.3. The van der Waals surface area contributed by atoms with Gasteiger partial charge in [0, 0.05) is 29.5 Å². The average molecular weight is 447 g/mol. The van der Waals surface area contributed by atoms with Gasteiger partial charge in [-0.25, -0.2) is 8.42 Å². The van der Waals surface area contributed by atoms with E-state index in [-0.39, 0.29) is 29.0 Å². The van der Waals surface area contributed by atoms with Gasteiger partial charge in [0.1, 0.15) is 15.6 Å². The number of rotatable bonds is 4. The van der Waals surface area contributed by atoms with Gasteiger partial charge in [-0.2, -0.15) is 0 Å². The first-order valence-electron chi connectivity index (χ1n) is 9.56. The molecular weight excluding hydrogens is 424 g/mol. The minimum atomic E-state index is -2.99. The topological polar surface area (TPSA) is 94.5 Å². The first-order valence-corrected chi connectivity index (χ1v) is 12.2. The molecule has 0 atom stereocenters. The molecule has 0 radical (unpaired) electrons. The Morgan fingerprint density at radius 1 is 1.23 bits per heavy atom. The fourth-order valence-electron chi connectivity index (χ4n) is 3.65. The van der Waals surface area contributed by atoms with Crippen molar-refractivity contribution in [2.45, 2.75) is 18.9 Å². The predicted octanol–water partition coefficient (Wildman–Crippen LogP) is 2.58. The first kappa shape index (κ1) is 20.6. The smallest absolute Gasteiger partial charge is 0.261 e. The van der Waals surface area contributed by atoms with Crippen molar-refractivity contribution in [3.05, 3.63) is 51.8 Å². The summed E-state index contributed by atoms with van der Waals surface area (Å²) in [4.78, 5) is 25.9. The molecule has 158 valence electrons. The Morgan fingerprint density at radius 2 is 1.97 bits per heavy atom. The van der Waals surface area contributed by atoms with Gasteiger partial charge < -0.3 is 14.6 Å². The van der Waals surface area contributed by atoms with Crippen molar-refractivity contribution < 1.29 is 17.9 Å². The second-order valence-electron chi connectivity index (χ2n) is 7.44. The van der Waals surface area contributed by atoms with Gasteiger partial charge in [0.2, 0.25) is 0 Å². The number of nitrogens with zero attached hydrogens (tertiary/aromatic N) is 1. The van der Waals surface area contributed by atoms with Crippen LogP contribution in [0, 0.1) is 0 Å². The third kappa shape index (κ3) is 3.99. The molecule has 1 N–H and O–H groups in total. The lowest BCUT2D eigenvalue weighted by molar-refractivity contribution is 0.0938. The van der Waals surface area contributed by atoms with Gasteiger partial charge in [0.25, 0.3) is 11.5 Å². The zero-order chi connectivity index (χ0) is 21.5. The minimum Gasteiger partial charge on any atom is -0.497 e. The van der Waals surface area contributed by atoms with Gasteiger partial charge in [-0.1, -0.05) is 12.1 Å². The fraction of sp³-hybridized carbons (Fsp3) is 0.333. The minimum absolute atomic E-state index is 0.0882. The highest BCUT2D eigenvalue weighted by Crippen LogP contribution is 2.34. The maximum Gasteiger partial charge on any atom is 0.261 e. The van der Waals surface area contributed by atoms with Crippen LogP contribution in [0.5, 0.6) is 5.75 Å². The highest BCUT2D eigenvalue weighted by molar-refractivity contribution is 7.91. The third-order valence-electron chi connectivity index (χ3n) is 5.34. The molecule has 1 aliphatic rings. The fourth-order valence-corrected chi connectivity index (χ4v) is 6.23. The number of benzene rings is 1. The molecule has 9 heteroatoms. The lowest BCUT2D eigenvalue weighted by Crippen LogP contribution is -2.40. The molecule has 1 amide bonds. The number of amides is 1. The molecule has 1 saturated heterocycles. The normalized spacial score (nSPS) is 16.5. The Kier molecular flexibility index (Phi) is 5.42. The number of thiophene rings is 1. The maximum atomic E-state index is 12.8. The molecule has 0 saturated carbocycles. The van der Waals surface area contributed by atoms with E-state index in [1.165, 1.54) is 15.9 Å². The predicted molar refractivity (Wildman–Crippen MR) is 118 cm³/mol. The summed E-state index contributed by atoms with van der Waals surface area (Å²) in [5.74, 6) is 0.603.